The maximum Gasteiger partial charge on any atom is 0.407 e. The molecule has 0 aromatic rings. The molecule has 2 aliphatic rings. The van der Waals surface area contributed by atoms with Crippen molar-refractivity contribution in [3.63, 3.8) is 0 Å². The number of aliphatic hydroxyl groups is 1. The van der Waals surface area contributed by atoms with Gasteiger partial charge in [-0.25, -0.2) is 4.79 Å². The van der Waals surface area contributed by atoms with Crippen LogP contribution in [0.15, 0.2) is 0 Å². The van der Waals surface area contributed by atoms with Crippen LogP contribution in [0.4, 0.5) is 4.79 Å². The molecule has 0 aromatic carbocycles. The van der Waals surface area contributed by atoms with Crippen molar-refractivity contribution in [2.45, 2.75) is 84.0 Å². The van der Waals surface area contributed by atoms with E-state index in [1.807, 2.05) is 20.8 Å². The number of rotatable bonds is 6. The summed E-state index contributed by atoms with van der Waals surface area (Å²) in [5.41, 5.74) is -0.467. The van der Waals surface area contributed by atoms with Gasteiger partial charge in [0.2, 0.25) is 0 Å². The summed E-state index contributed by atoms with van der Waals surface area (Å²) in [5, 5.41) is 13.4. The molecule has 0 radical (unpaired) electrons. The summed E-state index contributed by atoms with van der Waals surface area (Å²) >= 11 is 0. The Bertz CT molecular complexity index is 407. The summed E-state index contributed by atoms with van der Waals surface area (Å²) in [4.78, 5) is 11.9. The van der Waals surface area contributed by atoms with Crippen molar-refractivity contribution in [3.8, 4) is 0 Å². The Morgan fingerprint density at radius 3 is 2.67 bits per heavy atom. The molecule has 5 nitrogen and oxygen atoms in total. The van der Waals surface area contributed by atoms with Crippen molar-refractivity contribution in [2.24, 2.45) is 17.8 Å². The standard InChI is InChI=1S/C19H35NO4/c1-5-6-9-23-12-16-15-8-7-14(10-13(15)11-17(16)21)20-18(22)24-19(2,3)4/h13-17,21H,5-12H2,1-4H3,(H,20,22)/t13-,14?,15+,16-,17+/m0/s1. The first-order valence-corrected chi connectivity index (χ1v) is 9.55. The summed E-state index contributed by atoms with van der Waals surface area (Å²) in [6.45, 7) is 9.25. The topological polar surface area (TPSA) is 67.8 Å². The minimum atomic E-state index is -0.467. The van der Waals surface area contributed by atoms with E-state index in [0.29, 0.717) is 18.4 Å². The second-order valence-corrected chi connectivity index (χ2v) is 8.48. The van der Waals surface area contributed by atoms with Crippen molar-refractivity contribution in [1.82, 2.24) is 5.32 Å². The predicted molar refractivity (Wildman–Crippen MR) is 93.8 cm³/mol. The fraction of sp³-hybridized carbons (Fsp3) is 0.947. The van der Waals surface area contributed by atoms with Gasteiger partial charge in [-0.1, -0.05) is 13.3 Å². The van der Waals surface area contributed by atoms with Crippen LogP contribution < -0.4 is 5.32 Å². The number of hydrogen-bond donors (Lipinski definition) is 2. The molecule has 0 heterocycles. The molecule has 5 atom stereocenters. The number of alkyl carbamates (subject to hydrolysis) is 1. The van der Waals surface area contributed by atoms with Crippen molar-refractivity contribution in [3.05, 3.63) is 0 Å². The van der Waals surface area contributed by atoms with E-state index in [1.165, 1.54) is 0 Å². The van der Waals surface area contributed by atoms with E-state index in [9.17, 15) is 9.90 Å². The lowest BCUT2D eigenvalue weighted by Crippen LogP contribution is -2.43. The summed E-state index contributed by atoms with van der Waals surface area (Å²) in [5.74, 6) is 1.26. The zero-order valence-electron chi connectivity index (χ0n) is 15.7. The van der Waals surface area contributed by atoms with E-state index in [4.69, 9.17) is 9.47 Å². The van der Waals surface area contributed by atoms with E-state index in [1.54, 1.807) is 0 Å². The zero-order valence-corrected chi connectivity index (χ0v) is 15.7. The molecule has 0 aliphatic heterocycles. The van der Waals surface area contributed by atoms with E-state index in [0.717, 1.165) is 45.1 Å². The summed E-state index contributed by atoms with van der Waals surface area (Å²) < 4.78 is 11.1. The van der Waals surface area contributed by atoms with E-state index in [2.05, 4.69) is 12.2 Å². The number of unbranched alkanes of at least 4 members (excludes halogenated alkanes) is 1. The van der Waals surface area contributed by atoms with Gasteiger partial charge in [-0.05, 0) is 64.7 Å². The minimum absolute atomic E-state index is 0.160. The highest BCUT2D eigenvalue weighted by Gasteiger charge is 2.45. The highest BCUT2D eigenvalue weighted by atomic mass is 16.6. The molecule has 0 spiro atoms. The molecule has 1 amide bonds. The first-order chi connectivity index (χ1) is 11.3. The molecule has 2 saturated carbocycles. The number of ether oxygens (including phenoxy) is 2. The molecule has 0 bridgehead atoms. The number of amides is 1. The third-order valence-corrected chi connectivity index (χ3v) is 5.30. The van der Waals surface area contributed by atoms with Crippen molar-refractivity contribution in [1.29, 1.82) is 0 Å². The van der Waals surface area contributed by atoms with Crippen LogP contribution in [0.5, 0.6) is 0 Å². The molecule has 2 rings (SSSR count). The van der Waals surface area contributed by atoms with Crippen LogP contribution in [-0.2, 0) is 9.47 Å². The Morgan fingerprint density at radius 2 is 2.00 bits per heavy atom. The third-order valence-electron chi connectivity index (χ3n) is 5.30. The highest BCUT2D eigenvalue weighted by molar-refractivity contribution is 5.68. The average Bonchev–Trinajstić information content (AvgIpc) is 2.76. The van der Waals surface area contributed by atoms with Gasteiger partial charge in [0.05, 0.1) is 12.7 Å². The highest BCUT2D eigenvalue weighted by Crippen LogP contribution is 2.46. The van der Waals surface area contributed by atoms with Gasteiger partial charge >= 0.3 is 6.09 Å². The SMILES string of the molecule is CCCCOC[C@H]1[C@@H]2CCC(NC(=O)OC(C)(C)C)C[C@H]2C[C@H]1O. The molecular weight excluding hydrogens is 306 g/mol. The van der Waals surface area contributed by atoms with Gasteiger partial charge in [-0.3, -0.25) is 0 Å². The van der Waals surface area contributed by atoms with Crippen molar-refractivity contribution >= 4 is 6.09 Å². The lowest BCUT2D eigenvalue weighted by atomic mass is 9.76. The van der Waals surface area contributed by atoms with Crippen LogP contribution in [0, 0.1) is 17.8 Å². The monoisotopic (exact) mass is 341 g/mol. The van der Waals surface area contributed by atoms with E-state index < -0.39 is 5.60 Å². The Hall–Kier alpha value is -0.810. The third kappa shape index (κ3) is 5.62. The summed E-state index contributed by atoms with van der Waals surface area (Å²) in [6, 6.07) is 0.160. The van der Waals surface area contributed by atoms with Crippen LogP contribution in [-0.4, -0.2) is 42.2 Å². The molecule has 140 valence electrons. The normalized spacial score (nSPS) is 33.1. The average molecular weight is 341 g/mol. The Kier molecular flexibility index (Phi) is 6.93. The van der Waals surface area contributed by atoms with Crippen molar-refractivity contribution in [2.75, 3.05) is 13.2 Å². The number of fused-ring (bicyclic) bond motifs is 1. The minimum Gasteiger partial charge on any atom is -0.444 e. The molecule has 2 N–H and O–H groups in total. The first-order valence-electron chi connectivity index (χ1n) is 9.55. The number of hydrogen-bond acceptors (Lipinski definition) is 4. The molecule has 1 unspecified atom stereocenters. The lowest BCUT2D eigenvalue weighted by Gasteiger charge is -2.35. The molecule has 0 saturated heterocycles. The van der Waals surface area contributed by atoms with Gasteiger partial charge in [-0.2, -0.15) is 0 Å². The van der Waals surface area contributed by atoms with Crippen LogP contribution in [0.2, 0.25) is 0 Å². The van der Waals surface area contributed by atoms with Crippen molar-refractivity contribution < 1.29 is 19.4 Å². The Morgan fingerprint density at radius 1 is 1.25 bits per heavy atom. The number of nitrogens with one attached hydrogen (secondary N) is 1. The predicted octanol–water partition coefficient (Wildman–Crippen LogP) is 3.49. The van der Waals surface area contributed by atoms with Gasteiger partial charge in [0.25, 0.3) is 0 Å². The smallest absolute Gasteiger partial charge is 0.407 e. The Balaban J connectivity index is 1.79. The molecular formula is C19H35NO4. The summed E-state index contributed by atoms with van der Waals surface area (Å²) in [6.07, 6.45) is 5.40. The van der Waals surface area contributed by atoms with Gasteiger partial charge in [-0.15, -0.1) is 0 Å². The van der Waals surface area contributed by atoms with Crippen LogP contribution in [0.1, 0.15) is 66.2 Å². The quantitative estimate of drug-likeness (QED) is 0.726. The molecule has 24 heavy (non-hydrogen) atoms. The number of aliphatic hydroxyl groups excluding tert-OH is 1. The summed E-state index contributed by atoms with van der Waals surface area (Å²) in [7, 11) is 0. The Labute approximate surface area is 146 Å². The molecule has 5 heteroatoms. The van der Waals surface area contributed by atoms with Gasteiger partial charge in [0, 0.05) is 18.6 Å². The maximum absolute atomic E-state index is 11.9. The van der Waals surface area contributed by atoms with E-state index in [-0.39, 0.29) is 24.2 Å². The largest absolute Gasteiger partial charge is 0.444 e. The number of carbonyl (C=O) groups excluding carboxylic acids is 1. The zero-order chi connectivity index (χ0) is 17.7. The lowest BCUT2D eigenvalue weighted by molar-refractivity contribution is 0.0203. The van der Waals surface area contributed by atoms with Crippen LogP contribution in [0.3, 0.4) is 0 Å². The number of carbonyl (C=O) groups is 1. The maximum atomic E-state index is 11.9. The second kappa shape index (κ2) is 8.52. The fourth-order valence-corrected chi connectivity index (χ4v) is 4.20. The van der Waals surface area contributed by atoms with Gasteiger partial charge in [0.1, 0.15) is 5.60 Å². The fourth-order valence-electron chi connectivity index (χ4n) is 4.20. The van der Waals surface area contributed by atoms with Crippen LogP contribution >= 0.6 is 0 Å². The molecule has 0 aromatic heterocycles. The van der Waals surface area contributed by atoms with E-state index >= 15 is 0 Å². The van der Waals surface area contributed by atoms with Crippen LogP contribution in [0.25, 0.3) is 0 Å². The molecule has 2 aliphatic carbocycles. The molecule has 2 fully saturated rings. The second-order valence-electron chi connectivity index (χ2n) is 8.48. The van der Waals surface area contributed by atoms with Gasteiger partial charge in [0.15, 0.2) is 0 Å². The first kappa shape index (κ1) is 19.5. The van der Waals surface area contributed by atoms with Gasteiger partial charge < -0.3 is 19.9 Å².